The van der Waals surface area contributed by atoms with E-state index in [0.717, 1.165) is 35.8 Å². The van der Waals surface area contributed by atoms with Gasteiger partial charge in [0.2, 0.25) is 10.0 Å². The van der Waals surface area contributed by atoms with Crippen LogP contribution in [0.2, 0.25) is 0 Å². The van der Waals surface area contributed by atoms with Crippen LogP contribution in [0.15, 0.2) is 46.8 Å². The van der Waals surface area contributed by atoms with Crippen molar-refractivity contribution in [2.24, 2.45) is 0 Å². The first-order valence-electron chi connectivity index (χ1n) is 7.92. The van der Waals surface area contributed by atoms with Gasteiger partial charge in [0.05, 0.1) is 17.5 Å². The molecule has 0 amide bonds. The summed E-state index contributed by atoms with van der Waals surface area (Å²) >= 11 is 2.16. The Kier molecular flexibility index (Phi) is 6.15. The molecule has 0 fully saturated rings. The summed E-state index contributed by atoms with van der Waals surface area (Å²) in [5.41, 5.74) is -0.571. The van der Waals surface area contributed by atoms with Gasteiger partial charge in [0, 0.05) is 11.3 Å². The van der Waals surface area contributed by atoms with Gasteiger partial charge in [-0.2, -0.15) is 13.2 Å². The first-order valence-corrected chi connectivity index (χ1v) is 11.6. The van der Waals surface area contributed by atoms with E-state index in [4.69, 9.17) is 0 Å². The number of nitrogens with one attached hydrogen (secondary N) is 1. The second kappa shape index (κ2) is 8.28. The molecule has 0 spiro atoms. The van der Waals surface area contributed by atoms with E-state index in [9.17, 15) is 26.0 Å². The summed E-state index contributed by atoms with van der Waals surface area (Å²) in [5, 5.41) is 7.91. The van der Waals surface area contributed by atoms with Gasteiger partial charge in [0.25, 0.3) is 0 Å². The number of sulfonamides is 1. The van der Waals surface area contributed by atoms with Crippen LogP contribution in [-0.4, -0.2) is 24.9 Å². The van der Waals surface area contributed by atoms with Crippen molar-refractivity contribution in [2.75, 3.05) is 11.0 Å². The third-order valence-corrected chi connectivity index (χ3v) is 6.32. The van der Waals surface area contributed by atoms with Crippen molar-refractivity contribution in [2.45, 2.75) is 16.3 Å². The fourth-order valence-corrected chi connectivity index (χ4v) is 4.76. The fraction of sp³-hybridized carbons (Fsp3) is 0.176. The monoisotopic (exact) mass is 463 g/mol. The maximum Gasteiger partial charge on any atom is 0.416 e. The van der Waals surface area contributed by atoms with Gasteiger partial charge in [-0.1, -0.05) is 41.3 Å². The lowest BCUT2D eigenvalue weighted by Crippen LogP contribution is -2.12. The third-order valence-electron chi connectivity index (χ3n) is 3.59. The van der Waals surface area contributed by atoms with Gasteiger partial charge in [-0.25, -0.2) is 12.8 Å². The zero-order chi connectivity index (χ0) is 21.2. The predicted octanol–water partition coefficient (Wildman–Crippen LogP) is 5.03. The molecule has 3 aromatic rings. The second-order valence-corrected chi connectivity index (χ2v) is 9.83. The SMILES string of the molecule is CS(=O)(=O)Nc1ccc(C(F)(F)F)cc1-c1nnc(SCc2ccccc2F)s1. The summed E-state index contributed by atoms with van der Waals surface area (Å²) in [6.07, 6.45) is -3.71. The van der Waals surface area contributed by atoms with Crippen LogP contribution in [0, 0.1) is 5.82 Å². The molecule has 3 rings (SSSR count). The van der Waals surface area contributed by atoms with E-state index < -0.39 is 21.8 Å². The Morgan fingerprint density at radius 3 is 2.52 bits per heavy atom. The molecule has 0 aliphatic heterocycles. The van der Waals surface area contributed by atoms with Crippen LogP contribution in [0.1, 0.15) is 11.1 Å². The van der Waals surface area contributed by atoms with Crippen molar-refractivity contribution in [1.82, 2.24) is 10.2 Å². The summed E-state index contributed by atoms with van der Waals surface area (Å²) in [7, 11) is -3.72. The molecule has 1 N–H and O–H groups in total. The molecule has 154 valence electrons. The van der Waals surface area contributed by atoms with E-state index in [-0.39, 0.29) is 27.8 Å². The van der Waals surface area contributed by atoms with Crippen molar-refractivity contribution >= 4 is 38.8 Å². The van der Waals surface area contributed by atoms with E-state index in [0.29, 0.717) is 9.90 Å². The van der Waals surface area contributed by atoms with Gasteiger partial charge in [-0.05, 0) is 29.8 Å². The van der Waals surface area contributed by atoms with Crippen LogP contribution in [0.4, 0.5) is 23.2 Å². The Hall–Kier alpha value is -2.18. The molecule has 1 heterocycles. The van der Waals surface area contributed by atoms with Crippen molar-refractivity contribution in [3.63, 3.8) is 0 Å². The topological polar surface area (TPSA) is 72.0 Å². The van der Waals surface area contributed by atoms with Gasteiger partial charge >= 0.3 is 6.18 Å². The molecule has 12 heteroatoms. The van der Waals surface area contributed by atoms with Crippen LogP contribution in [0.25, 0.3) is 10.6 Å². The minimum absolute atomic E-state index is 0.0395. The predicted molar refractivity (Wildman–Crippen MR) is 105 cm³/mol. The van der Waals surface area contributed by atoms with E-state index in [2.05, 4.69) is 14.9 Å². The molecule has 0 radical (unpaired) electrons. The summed E-state index contributed by atoms with van der Waals surface area (Å²) < 4.78 is 78.7. The summed E-state index contributed by atoms with van der Waals surface area (Å²) in [5.74, 6) is -0.111. The Balaban J connectivity index is 1.91. The Morgan fingerprint density at radius 1 is 1.14 bits per heavy atom. The molecular weight excluding hydrogens is 450 g/mol. The average molecular weight is 464 g/mol. The second-order valence-electron chi connectivity index (χ2n) is 5.89. The molecule has 5 nitrogen and oxygen atoms in total. The van der Waals surface area contributed by atoms with Crippen molar-refractivity contribution < 1.29 is 26.0 Å². The highest BCUT2D eigenvalue weighted by Gasteiger charge is 2.31. The minimum Gasteiger partial charge on any atom is -0.283 e. The number of thioether (sulfide) groups is 1. The quantitative estimate of drug-likeness (QED) is 0.410. The first-order chi connectivity index (χ1) is 13.5. The number of hydrogen-bond donors (Lipinski definition) is 1. The Bertz CT molecular complexity index is 1130. The number of halogens is 4. The highest BCUT2D eigenvalue weighted by molar-refractivity contribution is 8.00. The van der Waals surface area contributed by atoms with Crippen LogP contribution in [0.3, 0.4) is 0 Å². The number of anilines is 1. The molecule has 0 aliphatic carbocycles. The smallest absolute Gasteiger partial charge is 0.283 e. The number of aromatic nitrogens is 2. The maximum atomic E-state index is 13.7. The molecule has 0 atom stereocenters. The van der Waals surface area contributed by atoms with Gasteiger partial charge in [-0.3, -0.25) is 4.72 Å². The van der Waals surface area contributed by atoms with Crippen LogP contribution < -0.4 is 4.72 Å². The first kappa shape index (κ1) is 21.5. The number of benzene rings is 2. The van der Waals surface area contributed by atoms with Gasteiger partial charge in [-0.15, -0.1) is 10.2 Å². The number of hydrogen-bond acceptors (Lipinski definition) is 6. The number of rotatable bonds is 6. The van der Waals surface area contributed by atoms with Crippen molar-refractivity contribution in [3.05, 3.63) is 59.4 Å². The maximum absolute atomic E-state index is 13.7. The normalized spacial score (nSPS) is 12.2. The fourth-order valence-electron chi connectivity index (χ4n) is 2.32. The molecular formula is C17H13F4N3O2S3. The van der Waals surface area contributed by atoms with Gasteiger partial charge in [0.15, 0.2) is 9.35 Å². The summed E-state index contributed by atoms with van der Waals surface area (Å²) in [4.78, 5) is 0. The molecule has 0 unspecified atom stereocenters. The summed E-state index contributed by atoms with van der Waals surface area (Å²) in [6, 6.07) is 8.84. The molecule has 29 heavy (non-hydrogen) atoms. The molecule has 0 saturated heterocycles. The molecule has 0 bridgehead atoms. The zero-order valence-corrected chi connectivity index (χ0v) is 17.1. The van der Waals surface area contributed by atoms with E-state index in [1.807, 2.05) is 0 Å². The van der Waals surface area contributed by atoms with E-state index in [1.54, 1.807) is 18.2 Å². The van der Waals surface area contributed by atoms with Crippen molar-refractivity contribution in [3.8, 4) is 10.6 Å². The van der Waals surface area contributed by atoms with Crippen molar-refractivity contribution in [1.29, 1.82) is 0 Å². The molecule has 2 aromatic carbocycles. The molecule has 0 saturated carbocycles. The average Bonchev–Trinajstić information content (AvgIpc) is 3.08. The largest absolute Gasteiger partial charge is 0.416 e. The van der Waals surface area contributed by atoms with Crippen LogP contribution >= 0.6 is 23.1 Å². The lowest BCUT2D eigenvalue weighted by molar-refractivity contribution is -0.137. The lowest BCUT2D eigenvalue weighted by Gasteiger charge is -2.12. The minimum atomic E-state index is -4.61. The van der Waals surface area contributed by atoms with Crippen LogP contribution in [0.5, 0.6) is 0 Å². The van der Waals surface area contributed by atoms with Crippen LogP contribution in [-0.2, 0) is 22.0 Å². The van der Waals surface area contributed by atoms with E-state index >= 15 is 0 Å². The standard InChI is InChI=1S/C17H13F4N3O2S3/c1-29(25,26)24-14-7-6-11(17(19,20)21)8-12(14)15-22-23-16(28-15)27-9-10-4-2-3-5-13(10)18/h2-8,24H,9H2,1H3. The van der Waals surface area contributed by atoms with Gasteiger partial charge in [0.1, 0.15) is 5.82 Å². The number of nitrogens with zero attached hydrogens (tertiary/aromatic N) is 2. The third kappa shape index (κ3) is 5.67. The molecule has 1 aromatic heterocycles. The molecule has 0 aliphatic rings. The van der Waals surface area contributed by atoms with E-state index in [1.165, 1.54) is 17.8 Å². The highest BCUT2D eigenvalue weighted by atomic mass is 32.2. The highest BCUT2D eigenvalue weighted by Crippen LogP contribution is 2.39. The number of alkyl halides is 3. The summed E-state index contributed by atoms with van der Waals surface area (Å²) in [6.45, 7) is 0. The Labute approximate surface area is 172 Å². The Morgan fingerprint density at radius 2 is 1.86 bits per heavy atom. The lowest BCUT2D eigenvalue weighted by atomic mass is 10.1. The zero-order valence-electron chi connectivity index (χ0n) is 14.7. The van der Waals surface area contributed by atoms with Gasteiger partial charge < -0.3 is 0 Å².